The number of fused-ring (bicyclic) bond motifs is 3. The Kier molecular flexibility index (Phi) is 36.7. The second-order valence-electron chi connectivity index (χ2n) is 38.1. The number of phenolic OH excluding ortho intramolecular Hbond substituents is 1. The zero-order valence-electron chi connectivity index (χ0n) is 80.7. The van der Waals surface area contributed by atoms with Crippen molar-refractivity contribution in [3.05, 3.63) is 291 Å². The summed E-state index contributed by atoms with van der Waals surface area (Å²) in [6, 6.07) is 73.3. The van der Waals surface area contributed by atoms with Crippen LogP contribution in [0.2, 0.25) is 0 Å². The Morgan fingerprint density at radius 2 is 0.886 bits per heavy atom. The summed E-state index contributed by atoms with van der Waals surface area (Å²) in [7, 11) is 3.34. The number of rotatable bonds is 32. The highest BCUT2D eigenvalue weighted by atomic mass is 16.6. The number of ether oxygens (including phenoxy) is 11. The SMILES string of the molecule is COCCN1CC/C(=C/c2ccccc2OC[C@@H](O)CN2CCC(c3ccc4c(c3)CCCC4)CC2)C1=O.COc1ccc2cc(C3CCN(C[C@H](O)COc4ccccc4/C=C4\CCOC4=O)CC3)ccc2c1.O=C1COC/C1=C/c1ccccc1OC[C@@H](O)CN1CCC(c2ccc3ccccc3c2)CC1.O=C1OCCC1Cc1ccccc1O.O=C1OCCC1Cc1ccccc1OC[C@H]1CO1. The number of likely N-dealkylation sites (tertiary alicyclic amines) is 4. The number of phenols is 1. The molecule has 9 heterocycles. The number of ketones is 1. The number of aliphatic hydroxyl groups is 3. The van der Waals surface area contributed by atoms with Crippen LogP contribution in [0.1, 0.15) is 150 Å². The van der Waals surface area contributed by atoms with E-state index in [1.807, 2.05) is 138 Å². The maximum Gasteiger partial charge on any atom is 0.334 e. The van der Waals surface area contributed by atoms with Crippen molar-refractivity contribution >= 4 is 69.4 Å². The minimum absolute atomic E-state index is 0.0157. The van der Waals surface area contributed by atoms with E-state index in [1.54, 1.807) is 37.5 Å². The Bertz CT molecular complexity index is 5910. The topological polar surface area (TPSA) is 284 Å². The number of hydrogen-bond acceptors (Lipinski definition) is 23. The van der Waals surface area contributed by atoms with Gasteiger partial charge >= 0.3 is 17.9 Å². The largest absolute Gasteiger partial charge is 0.508 e. The maximum absolute atomic E-state index is 12.7. The molecule has 140 heavy (non-hydrogen) atoms. The lowest BCUT2D eigenvalue weighted by molar-refractivity contribution is -0.142. The molecule has 4 N–H and O–H groups in total. The zero-order valence-corrected chi connectivity index (χ0v) is 80.7. The average molecular weight is 1900 g/mol. The Hall–Kier alpha value is -12.1. The standard InChI is InChI=1S/C32H42N2O4.C30H33NO5.C29H31NO4.C14H16O4.C11H12O3/c1-37-19-18-34-17-14-29(32(34)36)21-28-8-4-5-9-31(28)38-23-30(35)22-33-15-12-25(13-16-33)27-11-10-24-6-2-3-7-26(24)20-27;1-34-28-9-8-23-16-22(6-7-24(23)18-28)21-10-13-31(14-11-21)19-27(32)20-36-29-5-3-2-4-25(29)17-26-12-15-35-30(26)33;31-27(19-34-29-8-4-3-7-25(29)16-26-18-33-20-28(26)32)17-30-13-11-22(12-14-30)24-10-9-21-5-1-2-6-23(21)15-24;15-14-11(5-6-16-14)7-10-3-1-2-4-13(10)18-9-12-8-17-12;12-10-4-2-1-3-8(10)7-9-5-6-14-11(9)13/h4-5,8-11,20-21,25,30,35H,2-3,6-7,12-19,22-23H2,1H3;2-9,16-18,21,27,32H,10-15,19-20H2,1H3;1-10,15-16,22,27,31H,11-14,17-20H2;1-4,11-12H,5-9H2;1-4,9,12H,5-7H2/b29-21-;26-17+;26-16-;;/t30-;2*27-;11?,12-;/m0001./s1. The number of nitrogens with zero attached hydrogens (tertiary/aromatic N) is 4. The summed E-state index contributed by atoms with van der Waals surface area (Å²) < 4.78 is 59.3. The second-order valence-corrected chi connectivity index (χ2v) is 38.1. The van der Waals surface area contributed by atoms with E-state index >= 15 is 0 Å². The molecule has 10 aromatic rings. The highest BCUT2D eigenvalue weighted by molar-refractivity contribution is 6.03. The van der Waals surface area contributed by atoms with Gasteiger partial charge in [-0.15, -0.1) is 0 Å². The number of piperidine rings is 3. The number of benzene rings is 10. The van der Waals surface area contributed by atoms with Crippen LogP contribution in [0.15, 0.2) is 235 Å². The minimum Gasteiger partial charge on any atom is -0.508 e. The first-order valence-electron chi connectivity index (χ1n) is 50.1. The number of β-amino-alcohol motifs (C(OH)–C–C–N with tert-alkyl or cyclic N) is 3. The molecular weight excluding hydrogens is 1770 g/mol. The third-order valence-electron chi connectivity index (χ3n) is 28.1. The van der Waals surface area contributed by atoms with Gasteiger partial charge in [0.15, 0.2) is 5.78 Å². The molecule has 9 fully saturated rings. The molecular formula is C116H134N4O20. The van der Waals surface area contributed by atoms with E-state index in [9.17, 15) is 44.4 Å². The Morgan fingerprint density at radius 3 is 1.40 bits per heavy atom. The summed E-state index contributed by atoms with van der Waals surface area (Å²) in [6.45, 7) is 13.5. The number of aliphatic hydroxyl groups excluding tert-OH is 3. The van der Waals surface area contributed by atoms with Crippen LogP contribution < -0.4 is 23.7 Å². The van der Waals surface area contributed by atoms with E-state index in [1.165, 1.54) is 63.9 Å². The third-order valence-corrected chi connectivity index (χ3v) is 28.1. The predicted molar refractivity (Wildman–Crippen MR) is 540 cm³/mol. The molecule has 10 aliphatic rings. The van der Waals surface area contributed by atoms with E-state index in [0.29, 0.717) is 131 Å². The first kappa shape index (κ1) is 101. The normalized spacial score (nSPS) is 20.7. The van der Waals surface area contributed by atoms with Gasteiger partial charge in [0.2, 0.25) is 5.91 Å². The number of Topliss-reactive ketones (excluding diaryl/α,β-unsaturated/α-hetero) is 1. The molecule has 0 saturated carbocycles. The third kappa shape index (κ3) is 28.9. The molecule has 20 rings (SSSR count). The molecule has 2 unspecified atom stereocenters. The average Bonchev–Trinajstić information content (AvgIpc) is 0.967. The summed E-state index contributed by atoms with van der Waals surface area (Å²) in [5, 5.41) is 46.6. The van der Waals surface area contributed by atoms with Crippen LogP contribution >= 0.6 is 0 Å². The fourth-order valence-corrected chi connectivity index (χ4v) is 20.0. The number of para-hydroxylation sites is 5. The quantitative estimate of drug-likeness (QED) is 0.0132. The van der Waals surface area contributed by atoms with Crippen LogP contribution in [0.5, 0.6) is 34.5 Å². The Labute approximate surface area is 821 Å². The molecule has 0 aromatic heterocycles. The number of hydrogen-bond donors (Lipinski definition) is 4. The molecule has 0 spiro atoms. The lowest BCUT2D eigenvalue weighted by atomic mass is 9.84. The number of amides is 1. The van der Waals surface area contributed by atoms with Crippen molar-refractivity contribution in [3.63, 3.8) is 0 Å². The zero-order chi connectivity index (χ0) is 96.9. The minimum atomic E-state index is -0.589. The van der Waals surface area contributed by atoms with Crippen molar-refractivity contribution in [2.75, 3.05) is 159 Å². The highest BCUT2D eigenvalue weighted by Crippen LogP contribution is 2.38. The van der Waals surface area contributed by atoms with Crippen molar-refractivity contribution in [1.29, 1.82) is 0 Å². The molecule has 1 amide bonds. The van der Waals surface area contributed by atoms with Crippen LogP contribution in [-0.2, 0) is 78.1 Å². The molecule has 0 bridgehead atoms. The van der Waals surface area contributed by atoms with E-state index in [-0.39, 0.29) is 79.7 Å². The molecule has 738 valence electrons. The first-order chi connectivity index (χ1) is 68.4. The van der Waals surface area contributed by atoms with E-state index < -0.39 is 18.3 Å². The smallest absolute Gasteiger partial charge is 0.334 e. The lowest BCUT2D eigenvalue weighted by Crippen LogP contribution is -2.40. The summed E-state index contributed by atoms with van der Waals surface area (Å²) >= 11 is 0. The van der Waals surface area contributed by atoms with E-state index in [2.05, 4.69) is 106 Å². The second kappa shape index (κ2) is 50.9. The van der Waals surface area contributed by atoms with Crippen LogP contribution in [-0.4, -0.2) is 253 Å². The molecule has 24 nitrogen and oxygen atoms in total. The number of esters is 3. The fraction of sp³-hybridized carbons (Fsp3) is 0.422. The predicted octanol–water partition coefficient (Wildman–Crippen LogP) is 16.8. The van der Waals surface area contributed by atoms with Crippen LogP contribution in [0.25, 0.3) is 39.8 Å². The molecule has 6 atom stereocenters. The van der Waals surface area contributed by atoms with Gasteiger partial charge in [-0.3, -0.25) is 19.2 Å². The van der Waals surface area contributed by atoms with Gasteiger partial charge in [0.1, 0.15) is 91.9 Å². The van der Waals surface area contributed by atoms with Crippen molar-refractivity contribution < 1.29 is 96.5 Å². The molecule has 9 aliphatic heterocycles. The van der Waals surface area contributed by atoms with Crippen molar-refractivity contribution in [1.82, 2.24) is 19.6 Å². The van der Waals surface area contributed by atoms with Gasteiger partial charge in [0.25, 0.3) is 0 Å². The van der Waals surface area contributed by atoms with Crippen molar-refractivity contribution in [2.24, 2.45) is 11.8 Å². The number of aryl methyl sites for hydroxylation is 2. The van der Waals surface area contributed by atoms with Gasteiger partial charge in [0.05, 0.1) is 58.6 Å². The number of cyclic esters (lactones) is 3. The van der Waals surface area contributed by atoms with Gasteiger partial charge < -0.3 is 92.1 Å². The van der Waals surface area contributed by atoms with E-state index in [0.717, 1.165) is 155 Å². The van der Waals surface area contributed by atoms with Crippen LogP contribution in [0.4, 0.5) is 0 Å². The van der Waals surface area contributed by atoms with Crippen LogP contribution in [0.3, 0.4) is 0 Å². The van der Waals surface area contributed by atoms with Crippen molar-refractivity contribution in [3.8, 4) is 34.5 Å². The molecule has 24 heteroatoms. The summed E-state index contributed by atoms with van der Waals surface area (Å²) in [6.07, 6.45) is 20.0. The number of carbonyl (C=O) groups is 5. The van der Waals surface area contributed by atoms with Gasteiger partial charge in [-0.05, 0) is 275 Å². The van der Waals surface area contributed by atoms with Gasteiger partial charge in [-0.1, -0.05) is 176 Å². The van der Waals surface area contributed by atoms with Crippen LogP contribution in [0, 0.1) is 11.8 Å². The van der Waals surface area contributed by atoms with Gasteiger partial charge in [-0.25, -0.2) is 4.79 Å². The summed E-state index contributed by atoms with van der Waals surface area (Å²) in [5.41, 5.74) is 14.0. The highest BCUT2D eigenvalue weighted by Gasteiger charge is 2.34. The Balaban J connectivity index is 0.000000131. The molecule has 1 aliphatic carbocycles. The number of methoxy groups -OCH3 is 2. The van der Waals surface area contributed by atoms with Gasteiger partial charge in [0, 0.05) is 79.7 Å². The molecule has 0 radical (unpaired) electrons. The van der Waals surface area contributed by atoms with Gasteiger partial charge in [-0.2, -0.15) is 0 Å². The van der Waals surface area contributed by atoms with Crippen molar-refractivity contribution in [2.45, 2.75) is 145 Å². The summed E-state index contributed by atoms with van der Waals surface area (Å²) in [4.78, 5) is 67.9. The lowest BCUT2D eigenvalue weighted by Gasteiger charge is -2.33. The number of epoxide rings is 1. The fourth-order valence-electron chi connectivity index (χ4n) is 20.0. The molecule has 10 aromatic carbocycles. The monoisotopic (exact) mass is 1900 g/mol. The maximum atomic E-state index is 12.7. The summed E-state index contributed by atoms with van der Waals surface area (Å²) in [5.74, 6) is 5.22. The van der Waals surface area contributed by atoms with E-state index in [4.69, 9.17) is 52.1 Å². The Morgan fingerprint density at radius 1 is 0.421 bits per heavy atom. The molecule has 9 saturated heterocycles. The number of aromatic hydroxyl groups is 1. The number of carbonyl (C=O) groups excluding carboxylic acids is 5. The first-order valence-corrected chi connectivity index (χ1v) is 50.1.